The van der Waals surface area contributed by atoms with Gasteiger partial charge in [0.1, 0.15) is 16.2 Å². The van der Waals surface area contributed by atoms with E-state index in [-0.39, 0.29) is 5.82 Å². The Morgan fingerprint density at radius 1 is 1.44 bits per heavy atom. The second kappa shape index (κ2) is 4.68. The van der Waals surface area contributed by atoms with Crippen molar-refractivity contribution in [1.29, 1.82) is 5.26 Å². The molecule has 2 aromatic rings. The molecule has 0 spiro atoms. The third-order valence-electron chi connectivity index (χ3n) is 2.53. The van der Waals surface area contributed by atoms with Crippen molar-refractivity contribution in [1.82, 2.24) is 4.98 Å². The van der Waals surface area contributed by atoms with E-state index in [9.17, 15) is 4.39 Å². The average molecular weight is 281 g/mol. The fourth-order valence-electron chi connectivity index (χ4n) is 1.43. The van der Waals surface area contributed by atoms with E-state index in [0.717, 1.165) is 5.01 Å². The molecule has 0 atom stereocenters. The molecule has 1 heterocycles. The van der Waals surface area contributed by atoms with E-state index in [1.165, 1.54) is 23.5 Å². The van der Waals surface area contributed by atoms with Gasteiger partial charge >= 0.3 is 0 Å². The van der Waals surface area contributed by atoms with Crippen molar-refractivity contribution in [2.45, 2.75) is 19.3 Å². The van der Waals surface area contributed by atoms with Crippen LogP contribution in [0.1, 0.15) is 18.9 Å². The maximum absolute atomic E-state index is 13.0. The van der Waals surface area contributed by atoms with Gasteiger partial charge in [-0.1, -0.05) is 11.6 Å². The second-order valence-corrected chi connectivity index (χ2v) is 5.66. The molecule has 2 rings (SSSR count). The van der Waals surface area contributed by atoms with Gasteiger partial charge < -0.3 is 0 Å². The third kappa shape index (κ3) is 2.38. The summed E-state index contributed by atoms with van der Waals surface area (Å²) in [6.45, 7) is 3.61. The summed E-state index contributed by atoms with van der Waals surface area (Å²) in [5.41, 5.74) is 0.715. The summed E-state index contributed by atoms with van der Waals surface area (Å²) in [5.74, 6) is -0.378. The van der Waals surface area contributed by atoms with Gasteiger partial charge in [-0.15, -0.1) is 11.3 Å². The van der Waals surface area contributed by atoms with E-state index in [1.54, 1.807) is 6.07 Å². The van der Waals surface area contributed by atoms with Gasteiger partial charge in [-0.2, -0.15) is 5.26 Å². The minimum atomic E-state index is -0.630. The number of nitriles is 1. The van der Waals surface area contributed by atoms with Crippen molar-refractivity contribution in [2.75, 3.05) is 0 Å². The van der Waals surface area contributed by atoms with Crippen molar-refractivity contribution in [2.24, 2.45) is 0 Å². The van der Waals surface area contributed by atoms with Crippen LogP contribution in [0.3, 0.4) is 0 Å². The zero-order chi connectivity index (χ0) is 13.3. The van der Waals surface area contributed by atoms with Crippen LogP contribution in [0.2, 0.25) is 5.02 Å². The largest absolute Gasteiger partial charge is 0.239 e. The molecule has 0 aliphatic heterocycles. The Morgan fingerprint density at radius 3 is 2.78 bits per heavy atom. The van der Waals surface area contributed by atoms with Crippen molar-refractivity contribution < 1.29 is 4.39 Å². The first-order valence-electron chi connectivity index (χ1n) is 5.27. The lowest BCUT2D eigenvalue weighted by molar-refractivity contribution is 0.628. The maximum Gasteiger partial charge on any atom is 0.124 e. The molecule has 92 valence electrons. The van der Waals surface area contributed by atoms with Crippen molar-refractivity contribution in [3.05, 3.63) is 39.4 Å². The molecule has 0 amide bonds. The van der Waals surface area contributed by atoms with Gasteiger partial charge in [-0.3, -0.25) is 0 Å². The number of nitrogens with zero attached hydrogens (tertiary/aromatic N) is 2. The summed E-state index contributed by atoms with van der Waals surface area (Å²) in [5, 5.41) is 11.9. The standard InChI is InChI=1S/C13H10ClFN2S/c1-13(2,7-16)12-17-11(6-18-12)9-4-3-8(15)5-10(9)14/h3-6H,1-2H3. The van der Waals surface area contributed by atoms with E-state index < -0.39 is 5.41 Å². The molecule has 0 aliphatic carbocycles. The SMILES string of the molecule is CC(C)(C#N)c1nc(-c2ccc(F)cc2Cl)cs1. The molecular weight excluding hydrogens is 271 g/mol. The molecule has 0 radical (unpaired) electrons. The minimum absolute atomic E-state index is 0.321. The number of rotatable bonds is 2. The summed E-state index contributed by atoms with van der Waals surface area (Å²) < 4.78 is 13.0. The van der Waals surface area contributed by atoms with Crippen LogP contribution in [-0.2, 0) is 5.41 Å². The highest BCUT2D eigenvalue weighted by atomic mass is 35.5. The van der Waals surface area contributed by atoms with Crippen molar-refractivity contribution >= 4 is 22.9 Å². The third-order valence-corrected chi connectivity index (χ3v) is 4.00. The summed E-state index contributed by atoms with van der Waals surface area (Å²) in [6, 6.07) is 6.39. The van der Waals surface area contributed by atoms with Crippen LogP contribution in [0.25, 0.3) is 11.3 Å². The predicted molar refractivity (Wildman–Crippen MR) is 71.2 cm³/mol. The Balaban J connectivity index is 2.45. The van der Waals surface area contributed by atoms with Crippen LogP contribution < -0.4 is 0 Å². The lowest BCUT2D eigenvalue weighted by Crippen LogP contribution is -2.13. The van der Waals surface area contributed by atoms with E-state index >= 15 is 0 Å². The molecule has 18 heavy (non-hydrogen) atoms. The first-order chi connectivity index (χ1) is 8.44. The molecular formula is C13H10ClFN2S. The highest BCUT2D eigenvalue weighted by molar-refractivity contribution is 7.10. The van der Waals surface area contributed by atoms with Gasteiger partial charge in [0, 0.05) is 10.9 Å². The fraction of sp³-hybridized carbons (Fsp3) is 0.231. The highest BCUT2D eigenvalue weighted by Gasteiger charge is 2.24. The van der Waals surface area contributed by atoms with Gasteiger partial charge in [0.25, 0.3) is 0 Å². The predicted octanol–water partition coefficient (Wildman–Crippen LogP) is 4.40. The molecule has 0 saturated carbocycles. The molecule has 0 fully saturated rings. The smallest absolute Gasteiger partial charge is 0.124 e. The zero-order valence-corrected chi connectivity index (χ0v) is 11.4. The summed E-state index contributed by atoms with van der Waals surface area (Å²) in [6.07, 6.45) is 0. The van der Waals surface area contributed by atoms with E-state index in [1.807, 2.05) is 19.2 Å². The van der Waals surface area contributed by atoms with Gasteiger partial charge in [0.15, 0.2) is 0 Å². The Kier molecular flexibility index (Phi) is 3.38. The Labute approximate surface area is 114 Å². The second-order valence-electron chi connectivity index (χ2n) is 4.40. The van der Waals surface area contributed by atoms with Crippen molar-refractivity contribution in [3.8, 4) is 17.3 Å². The van der Waals surface area contributed by atoms with E-state index in [2.05, 4.69) is 11.1 Å². The van der Waals surface area contributed by atoms with Crippen LogP contribution in [-0.4, -0.2) is 4.98 Å². The lowest BCUT2D eigenvalue weighted by Gasteiger charge is -2.10. The highest BCUT2D eigenvalue weighted by Crippen LogP contribution is 2.33. The number of aromatic nitrogens is 1. The number of halogens is 2. The quantitative estimate of drug-likeness (QED) is 0.817. The lowest BCUT2D eigenvalue weighted by atomic mass is 9.97. The Morgan fingerprint density at radius 2 is 2.17 bits per heavy atom. The van der Waals surface area contributed by atoms with Gasteiger partial charge in [0.05, 0.1) is 16.8 Å². The monoisotopic (exact) mass is 280 g/mol. The van der Waals surface area contributed by atoms with Crippen molar-refractivity contribution in [3.63, 3.8) is 0 Å². The summed E-state index contributed by atoms with van der Waals surface area (Å²) >= 11 is 7.38. The number of hydrogen-bond donors (Lipinski definition) is 0. The minimum Gasteiger partial charge on any atom is -0.239 e. The molecule has 2 nitrogen and oxygen atoms in total. The number of thiazole rings is 1. The molecule has 1 aromatic heterocycles. The first-order valence-corrected chi connectivity index (χ1v) is 6.52. The Bertz CT molecular complexity index is 628. The van der Waals surface area contributed by atoms with Gasteiger partial charge in [-0.05, 0) is 32.0 Å². The van der Waals surface area contributed by atoms with Crippen LogP contribution >= 0.6 is 22.9 Å². The molecule has 5 heteroatoms. The van der Waals surface area contributed by atoms with E-state index in [0.29, 0.717) is 16.3 Å². The number of benzene rings is 1. The maximum atomic E-state index is 13.0. The molecule has 0 saturated heterocycles. The van der Waals surface area contributed by atoms with Crippen LogP contribution in [0.15, 0.2) is 23.6 Å². The van der Waals surface area contributed by atoms with Crippen LogP contribution in [0.5, 0.6) is 0 Å². The topological polar surface area (TPSA) is 36.7 Å². The van der Waals surface area contributed by atoms with Crippen LogP contribution in [0, 0.1) is 17.1 Å². The van der Waals surface area contributed by atoms with Crippen LogP contribution in [0.4, 0.5) is 4.39 Å². The zero-order valence-electron chi connectivity index (χ0n) is 9.87. The summed E-state index contributed by atoms with van der Waals surface area (Å²) in [7, 11) is 0. The van der Waals surface area contributed by atoms with E-state index in [4.69, 9.17) is 16.9 Å². The van der Waals surface area contributed by atoms with Gasteiger partial charge in [0.2, 0.25) is 0 Å². The molecule has 0 unspecified atom stereocenters. The van der Waals surface area contributed by atoms with Gasteiger partial charge in [-0.25, -0.2) is 9.37 Å². The Hall–Kier alpha value is -1.44. The molecule has 0 aliphatic rings. The summed E-state index contributed by atoms with van der Waals surface area (Å²) in [4.78, 5) is 4.40. The average Bonchev–Trinajstić information content (AvgIpc) is 2.79. The first kappa shape index (κ1) is 13.0. The normalized spacial score (nSPS) is 11.3. The molecule has 1 aromatic carbocycles. The molecule has 0 N–H and O–H groups in total. The fourth-order valence-corrected chi connectivity index (χ4v) is 2.59. The number of hydrogen-bond acceptors (Lipinski definition) is 3. The molecule has 0 bridgehead atoms.